The minimum atomic E-state index is 0.962. The fraction of sp³-hybridized carbons (Fsp3) is 0. The summed E-state index contributed by atoms with van der Waals surface area (Å²) in [5, 5.41) is 2.56. The lowest BCUT2D eigenvalue weighted by molar-refractivity contribution is 1.18. The van der Waals surface area contributed by atoms with Crippen molar-refractivity contribution in [1.29, 1.82) is 0 Å². The van der Waals surface area contributed by atoms with Gasteiger partial charge in [0.25, 0.3) is 0 Å². The molecule has 0 aliphatic carbocycles. The molecule has 0 unspecified atom stereocenters. The molecule has 0 aliphatic rings. The van der Waals surface area contributed by atoms with E-state index in [9.17, 15) is 0 Å². The van der Waals surface area contributed by atoms with Gasteiger partial charge in [0, 0.05) is 34.4 Å². The van der Waals surface area contributed by atoms with E-state index in [4.69, 9.17) is 4.98 Å². The van der Waals surface area contributed by atoms with Gasteiger partial charge in [-0.05, 0) is 36.4 Å². The van der Waals surface area contributed by atoms with Crippen LogP contribution >= 0.6 is 0 Å². The Labute approximate surface area is 162 Å². The van der Waals surface area contributed by atoms with E-state index >= 15 is 0 Å². The molecule has 3 heterocycles. The zero-order valence-electron chi connectivity index (χ0n) is 15.2. The largest absolute Gasteiger partial charge is 0.309 e. The molecule has 0 N–H and O–H groups in total. The molecule has 0 fully saturated rings. The molecule has 0 saturated heterocycles. The molecule has 0 saturated carbocycles. The van der Waals surface area contributed by atoms with E-state index < -0.39 is 0 Å². The highest BCUT2D eigenvalue weighted by Gasteiger charge is 2.11. The molecule has 0 atom stereocenters. The number of rotatable bonds is 2. The molecule has 3 heteroatoms. The van der Waals surface area contributed by atoms with Crippen molar-refractivity contribution in [2.24, 2.45) is 0 Å². The van der Waals surface area contributed by atoms with Crippen molar-refractivity contribution in [1.82, 2.24) is 14.0 Å². The molecule has 28 heavy (non-hydrogen) atoms. The molecule has 0 aliphatic heterocycles. The van der Waals surface area contributed by atoms with Crippen LogP contribution in [0, 0.1) is 0 Å². The fourth-order valence-electron chi connectivity index (χ4n) is 4.06. The number of imidazole rings is 1. The molecule has 6 rings (SSSR count). The van der Waals surface area contributed by atoms with E-state index in [2.05, 4.69) is 88.0 Å². The van der Waals surface area contributed by atoms with Crippen molar-refractivity contribution in [2.75, 3.05) is 0 Å². The van der Waals surface area contributed by atoms with E-state index in [0.717, 1.165) is 22.6 Å². The molecule has 3 aromatic carbocycles. The van der Waals surface area contributed by atoms with E-state index in [-0.39, 0.29) is 0 Å². The Hall–Kier alpha value is -3.85. The second-order valence-electron chi connectivity index (χ2n) is 7.01. The van der Waals surface area contributed by atoms with E-state index in [0.29, 0.717) is 0 Å². The number of nitrogens with zero attached hydrogens (tertiary/aromatic N) is 3. The van der Waals surface area contributed by atoms with Gasteiger partial charge in [-0.25, -0.2) is 4.98 Å². The van der Waals surface area contributed by atoms with Crippen LogP contribution in [-0.2, 0) is 0 Å². The Balaban J connectivity index is 1.52. The van der Waals surface area contributed by atoms with Crippen molar-refractivity contribution < 1.29 is 0 Å². The number of pyridine rings is 1. The van der Waals surface area contributed by atoms with E-state index in [1.54, 1.807) is 0 Å². The standard InChI is InChI=1S/C25H17N3/c1-3-9-23-20(7-1)21-8-2-4-10-24(21)28(23)19-14-12-18(13-15-19)22-17-27-16-6-5-11-25(27)26-22/h1-17H. The topological polar surface area (TPSA) is 22.2 Å². The van der Waals surface area contributed by atoms with Gasteiger partial charge < -0.3 is 8.97 Å². The lowest BCUT2D eigenvalue weighted by Gasteiger charge is -2.08. The summed E-state index contributed by atoms with van der Waals surface area (Å²) in [5.41, 5.74) is 6.68. The summed E-state index contributed by atoms with van der Waals surface area (Å²) >= 11 is 0. The quantitative estimate of drug-likeness (QED) is 0.366. The number of para-hydroxylation sites is 2. The van der Waals surface area contributed by atoms with Crippen LogP contribution in [0.25, 0.3) is 44.4 Å². The van der Waals surface area contributed by atoms with E-state index in [1.807, 2.05) is 24.4 Å². The average Bonchev–Trinajstić information content (AvgIpc) is 3.33. The SMILES string of the molecule is c1ccc2c(c1)c1ccccc1n2-c1ccc(-c2cn3ccccc3n2)cc1. The van der Waals surface area contributed by atoms with Crippen LogP contribution in [0.3, 0.4) is 0 Å². The van der Waals surface area contributed by atoms with Crippen LogP contribution in [0.4, 0.5) is 0 Å². The monoisotopic (exact) mass is 359 g/mol. The van der Waals surface area contributed by atoms with Gasteiger partial charge in [0.1, 0.15) is 5.65 Å². The molecule has 0 amide bonds. The maximum Gasteiger partial charge on any atom is 0.137 e. The molecule has 3 aromatic heterocycles. The van der Waals surface area contributed by atoms with Crippen LogP contribution in [0.2, 0.25) is 0 Å². The third-order valence-electron chi connectivity index (χ3n) is 5.37. The smallest absolute Gasteiger partial charge is 0.137 e. The van der Waals surface area contributed by atoms with Gasteiger partial charge in [-0.3, -0.25) is 0 Å². The van der Waals surface area contributed by atoms with Crippen molar-refractivity contribution in [3.63, 3.8) is 0 Å². The van der Waals surface area contributed by atoms with Gasteiger partial charge in [0.2, 0.25) is 0 Å². The normalized spacial score (nSPS) is 11.6. The van der Waals surface area contributed by atoms with Gasteiger partial charge in [-0.15, -0.1) is 0 Å². The third kappa shape index (κ3) is 2.20. The third-order valence-corrected chi connectivity index (χ3v) is 5.37. The Morgan fingerprint density at radius 2 is 1.25 bits per heavy atom. The molecule has 0 bridgehead atoms. The lowest BCUT2D eigenvalue weighted by atomic mass is 10.1. The second kappa shape index (κ2) is 5.83. The highest BCUT2D eigenvalue weighted by Crippen LogP contribution is 2.32. The van der Waals surface area contributed by atoms with Gasteiger partial charge in [-0.2, -0.15) is 0 Å². The van der Waals surface area contributed by atoms with Crippen LogP contribution in [0.5, 0.6) is 0 Å². The molecule has 0 spiro atoms. The van der Waals surface area contributed by atoms with Crippen molar-refractivity contribution in [3.8, 4) is 16.9 Å². The zero-order chi connectivity index (χ0) is 18.5. The Bertz CT molecular complexity index is 1370. The molecular weight excluding hydrogens is 342 g/mol. The van der Waals surface area contributed by atoms with Crippen molar-refractivity contribution in [2.45, 2.75) is 0 Å². The summed E-state index contributed by atoms with van der Waals surface area (Å²) < 4.78 is 4.38. The summed E-state index contributed by atoms with van der Waals surface area (Å²) in [6, 6.07) is 31.9. The summed E-state index contributed by atoms with van der Waals surface area (Å²) in [5.74, 6) is 0. The van der Waals surface area contributed by atoms with Crippen molar-refractivity contribution in [3.05, 3.63) is 103 Å². The Morgan fingerprint density at radius 1 is 0.607 bits per heavy atom. The predicted molar refractivity (Wildman–Crippen MR) is 115 cm³/mol. The first kappa shape index (κ1) is 15.2. The first-order valence-electron chi connectivity index (χ1n) is 9.41. The highest BCUT2D eigenvalue weighted by atomic mass is 15.0. The fourth-order valence-corrected chi connectivity index (χ4v) is 4.06. The number of hydrogen-bond acceptors (Lipinski definition) is 1. The lowest BCUT2D eigenvalue weighted by Crippen LogP contribution is -1.93. The molecule has 3 nitrogen and oxygen atoms in total. The van der Waals surface area contributed by atoms with Crippen LogP contribution in [0.1, 0.15) is 0 Å². The Morgan fingerprint density at radius 3 is 1.93 bits per heavy atom. The Kier molecular flexibility index (Phi) is 3.17. The summed E-state index contributed by atoms with van der Waals surface area (Å²) in [6.45, 7) is 0. The molecular formula is C25H17N3. The molecule has 132 valence electrons. The van der Waals surface area contributed by atoms with Crippen molar-refractivity contribution >= 4 is 27.5 Å². The van der Waals surface area contributed by atoms with Gasteiger partial charge in [0.15, 0.2) is 0 Å². The van der Waals surface area contributed by atoms with Gasteiger partial charge in [-0.1, -0.05) is 54.6 Å². The van der Waals surface area contributed by atoms with Crippen LogP contribution in [0.15, 0.2) is 103 Å². The van der Waals surface area contributed by atoms with Crippen LogP contribution in [-0.4, -0.2) is 14.0 Å². The maximum absolute atomic E-state index is 4.73. The summed E-state index contributed by atoms with van der Waals surface area (Å²) in [6.07, 6.45) is 4.10. The zero-order valence-corrected chi connectivity index (χ0v) is 15.2. The second-order valence-corrected chi connectivity index (χ2v) is 7.01. The minimum absolute atomic E-state index is 0.962. The van der Waals surface area contributed by atoms with Gasteiger partial charge in [0.05, 0.1) is 16.7 Å². The maximum atomic E-state index is 4.73. The summed E-state index contributed by atoms with van der Waals surface area (Å²) in [4.78, 5) is 4.73. The summed E-state index contributed by atoms with van der Waals surface area (Å²) in [7, 11) is 0. The van der Waals surface area contributed by atoms with Crippen LogP contribution < -0.4 is 0 Å². The first-order valence-corrected chi connectivity index (χ1v) is 9.41. The van der Waals surface area contributed by atoms with Gasteiger partial charge >= 0.3 is 0 Å². The highest BCUT2D eigenvalue weighted by molar-refractivity contribution is 6.09. The number of hydrogen-bond donors (Lipinski definition) is 0. The minimum Gasteiger partial charge on any atom is -0.309 e. The number of benzene rings is 3. The first-order chi connectivity index (χ1) is 13.9. The number of fused-ring (bicyclic) bond motifs is 4. The predicted octanol–water partition coefficient (Wildman–Crippen LogP) is 6.10. The molecule has 6 aromatic rings. The number of aromatic nitrogens is 3. The van der Waals surface area contributed by atoms with E-state index in [1.165, 1.54) is 21.8 Å². The molecule has 0 radical (unpaired) electrons. The average molecular weight is 359 g/mol.